The number of rotatable bonds is 9. The van der Waals surface area contributed by atoms with Gasteiger partial charge >= 0.3 is 0 Å². The van der Waals surface area contributed by atoms with Crippen LogP contribution < -0.4 is 9.64 Å². The van der Waals surface area contributed by atoms with Crippen LogP contribution in [0.15, 0.2) is 42.7 Å². The molecule has 1 aromatic carbocycles. The van der Waals surface area contributed by atoms with Crippen molar-refractivity contribution in [3.63, 3.8) is 0 Å². The summed E-state index contributed by atoms with van der Waals surface area (Å²) < 4.78 is 5.57. The van der Waals surface area contributed by atoms with Gasteiger partial charge in [0.15, 0.2) is 0 Å². The first-order valence-corrected chi connectivity index (χ1v) is 9.83. The van der Waals surface area contributed by atoms with E-state index < -0.39 is 5.60 Å². The Kier molecular flexibility index (Phi) is 7.19. The maximum Gasteiger partial charge on any atom is 0.225 e. The van der Waals surface area contributed by atoms with Gasteiger partial charge in [0.25, 0.3) is 0 Å². The lowest BCUT2D eigenvalue weighted by Gasteiger charge is -2.41. The van der Waals surface area contributed by atoms with Gasteiger partial charge in [-0.25, -0.2) is 9.97 Å². The number of aliphatic hydroxyl groups is 2. The third kappa shape index (κ3) is 5.89. The first-order chi connectivity index (χ1) is 13.6. The van der Waals surface area contributed by atoms with Crippen molar-refractivity contribution >= 4 is 5.95 Å². The van der Waals surface area contributed by atoms with Crippen molar-refractivity contribution in [2.45, 2.75) is 31.4 Å². The Morgan fingerprint density at radius 1 is 1.21 bits per heavy atom. The molecule has 3 rings (SSSR count). The molecule has 28 heavy (non-hydrogen) atoms. The Labute approximate surface area is 166 Å². The van der Waals surface area contributed by atoms with E-state index >= 15 is 0 Å². The summed E-state index contributed by atoms with van der Waals surface area (Å²) in [6, 6.07) is 9.78. The van der Waals surface area contributed by atoms with Gasteiger partial charge in [0.05, 0.1) is 18.8 Å². The van der Waals surface area contributed by atoms with E-state index in [-0.39, 0.29) is 6.61 Å². The summed E-state index contributed by atoms with van der Waals surface area (Å²) in [7, 11) is 2.03. The normalized spacial score (nSPS) is 19.8. The summed E-state index contributed by atoms with van der Waals surface area (Å²) in [5.41, 5.74) is 0.388. The van der Waals surface area contributed by atoms with Crippen molar-refractivity contribution in [2.75, 3.05) is 44.8 Å². The highest BCUT2D eigenvalue weighted by Crippen LogP contribution is 2.25. The molecule has 7 nitrogen and oxygen atoms in total. The molecule has 2 heterocycles. The first-order valence-electron chi connectivity index (χ1n) is 9.83. The van der Waals surface area contributed by atoms with Crippen LogP contribution in [0.25, 0.3) is 0 Å². The highest BCUT2D eigenvalue weighted by atomic mass is 16.5. The Balaban J connectivity index is 1.52. The largest absolute Gasteiger partial charge is 0.494 e. The number of β-amino-alcohol motifs (C(OH)–C–C–N with tert-alkyl or cyclic N) is 1. The second-order valence-corrected chi connectivity index (χ2v) is 7.54. The van der Waals surface area contributed by atoms with Crippen LogP contribution in [0.1, 0.15) is 24.8 Å². The van der Waals surface area contributed by atoms with Crippen LogP contribution in [0, 0.1) is 0 Å². The van der Waals surface area contributed by atoms with Crippen LogP contribution in [0.2, 0.25) is 0 Å². The highest BCUT2D eigenvalue weighted by Gasteiger charge is 2.35. The fourth-order valence-corrected chi connectivity index (χ4v) is 3.68. The van der Waals surface area contributed by atoms with E-state index in [9.17, 15) is 5.11 Å². The van der Waals surface area contributed by atoms with Crippen molar-refractivity contribution in [3.05, 3.63) is 48.3 Å². The van der Waals surface area contributed by atoms with E-state index in [0.717, 1.165) is 31.7 Å². The third-order valence-electron chi connectivity index (χ3n) is 4.90. The molecule has 1 saturated heterocycles. The standard InChI is InChI=1S/C21H30N4O3/c1-24(15-18-5-7-19(8-6-18)28-14-4-13-26)16-21(27)9-2-12-25(17-21)20-22-10-3-11-23-20/h3,5-8,10-11,26-27H,2,4,9,12-17H2,1H3/t21-/m1/s1. The molecule has 0 aliphatic carbocycles. The van der Waals surface area contributed by atoms with Crippen molar-refractivity contribution < 1.29 is 14.9 Å². The number of nitrogens with zero attached hydrogens (tertiary/aromatic N) is 4. The van der Waals surface area contributed by atoms with Gasteiger partial charge in [0.2, 0.25) is 5.95 Å². The molecule has 0 amide bonds. The van der Waals surface area contributed by atoms with Gasteiger partial charge in [0.1, 0.15) is 5.75 Å². The van der Waals surface area contributed by atoms with E-state index in [0.29, 0.717) is 32.1 Å². The zero-order chi connectivity index (χ0) is 19.8. The molecule has 152 valence electrons. The summed E-state index contributed by atoms with van der Waals surface area (Å²) in [6.07, 6.45) is 5.80. The first kappa shape index (κ1) is 20.5. The lowest BCUT2D eigenvalue weighted by atomic mass is 9.92. The summed E-state index contributed by atoms with van der Waals surface area (Å²) in [6.45, 7) is 3.41. The number of hydrogen-bond donors (Lipinski definition) is 2. The van der Waals surface area contributed by atoms with Crippen molar-refractivity contribution in [1.82, 2.24) is 14.9 Å². The summed E-state index contributed by atoms with van der Waals surface area (Å²) >= 11 is 0. The van der Waals surface area contributed by atoms with E-state index in [1.165, 1.54) is 5.56 Å². The monoisotopic (exact) mass is 386 g/mol. The van der Waals surface area contributed by atoms with E-state index in [1.54, 1.807) is 18.5 Å². The molecule has 1 atom stereocenters. The molecule has 1 aliphatic rings. The van der Waals surface area contributed by atoms with Gasteiger partial charge in [-0.2, -0.15) is 0 Å². The van der Waals surface area contributed by atoms with Crippen LogP contribution in [-0.2, 0) is 6.54 Å². The maximum absolute atomic E-state index is 11.1. The number of ether oxygens (including phenoxy) is 1. The molecule has 0 spiro atoms. The van der Waals surface area contributed by atoms with Crippen LogP contribution in [-0.4, -0.2) is 70.6 Å². The molecular weight excluding hydrogens is 356 g/mol. The smallest absolute Gasteiger partial charge is 0.225 e. The lowest BCUT2D eigenvalue weighted by molar-refractivity contribution is -0.00366. The Morgan fingerprint density at radius 3 is 2.68 bits per heavy atom. The zero-order valence-corrected chi connectivity index (χ0v) is 16.5. The number of likely N-dealkylation sites (N-methyl/N-ethyl adjacent to an activating group) is 1. The maximum atomic E-state index is 11.1. The minimum Gasteiger partial charge on any atom is -0.494 e. The minimum absolute atomic E-state index is 0.139. The Morgan fingerprint density at radius 2 is 1.96 bits per heavy atom. The molecular formula is C21H30N4O3. The van der Waals surface area contributed by atoms with Gasteiger partial charge in [-0.05, 0) is 43.7 Å². The highest BCUT2D eigenvalue weighted by molar-refractivity contribution is 5.31. The fraction of sp³-hybridized carbons (Fsp3) is 0.524. The van der Waals surface area contributed by atoms with Gasteiger partial charge in [-0.3, -0.25) is 4.90 Å². The molecule has 1 aromatic heterocycles. The molecule has 2 aromatic rings. The Hall–Kier alpha value is -2.22. The molecule has 0 bridgehead atoms. The molecule has 7 heteroatoms. The predicted octanol–water partition coefficient (Wildman–Crippen LogP) is 1.70. The molecule has 2 N–H and O–H groups in total. The molecule has 1 fully saturated rings. The SMILES string of the molecule is CN(Cc1ccc(OCCCO)cc1)C[C@]1(O)CCCN(c2ncccn2)C1. The topological polar surface area (TPSA) is 82.0 Å². The van der Waals surface area contributed by atoms with Crippen LogP contribution in [0.3, 0.4) is 0 Å². The summed E-state index contributed by atoms with van der Waals surface area (Å²) in [5, 5.41) is 19.9. The minimum atomic E-state index is -0.778. The lowest BCUT2D eigenvalue weighted by Crippen LogP contribution is -2.54. The fourth-order valence-electron chi connectivity index (χ4n) is 3.68. The number of hydrogen-bond acceptors (Lipinski definition) is 7. The van der Waals surface area contributed by atoms with E-state index in [4.69, 9.17) is 9.84 Å². The second-order valence-electron chi connectivity index (χ2n) is 7.54. The number of benzene rings is 1. The number of aliphatic hydroxyl groups excluding tert-OH is 1. The summed E-state index contributed by atoms with van der Waals surface area (Å²) in [4.78, 5) is 12.8. The molecule has 0 saturated carbocycles. The van der Waals surface area contributed by atoms with E-state index in [1.807, 2.05) is 31.3 Å². The number of anilines is 1. The molecule has 1 aliphatic heterocycles. The van der Waals surface area contributed by atoms with Gasteiger partial charge in [-0.1, -0.05) is 12.1 Å². The Bertz CT molecular complexity index is 713. The molecule has 0 unspecified atom stereocenters. The van der Waals surface area contributed by atoms with Gasteiger partial charge in [-0.15, -0.1) is 0 Å². The number of piperidine rings is 1. The van der Waals surface area contributed by atoms with E-state index in [2.05, 4.69) is 19.8 Å². The second kappa shape index (κ2) is 9.82. The van der Waals surface area contributed by atoms with Crippen LogP contribution in [0.5, 0.6) is 5.75 Å². The third-order valence-corrected chi connectivity index (χ3v) is 4.90. The zero-order valence-electron chi connectivity index (χ0n) is 16.5. The average Bonchev–Trinajstić information content (AvgIpc) is 2.70. The molecule has 0 radical (unpaired) electrons. The quantitative estimate of drug-likeness (QED) is 0.635. The van der Waals surface area contributed by atoms with Crippen LogP contribution in [0.4, 0.5) is 5.95 Å². The van der Waals surface area contributed by atoms with Gasteiger partial charge in [0, 0.05) is 45.1 Å². The van der Waals surface area contributed by atoms with Crippen LogP contribution >= 0.6 is 0 Å². The van der Waals surface area contributed by atoms with Crippen molar-refractivity contribution in [1.29, 1.82) is 0 Å². The van der Waals surface area contributed by atoms with Gasteiger partial charge < -0.3 is 19.8 Å². The predicted molar refractivity (Wildman–Crippen MR) is 108 cm³/mol. The number of aromatic nitrogens is 2. The summed E-state index contributed by atoms with van der Waals surface area (Å²) in [5.74, 6) is 1.49. The van der Waals surface area contributed by atoms with Crippen molar-refractivity contribution in [2.24, 2.45) is 0 Å². The van der Waals surface area contributed by atoms with Crippen molar-refractivity contribution in [3.8, 4) is 5.75 Å². The average molecular weight is 386 g/mol.